The van der Waals surface area contributed by atoms with Gasteiger partial charge in [-0.05, 0) is 18.6 Å². The summed E-state index contributed by atoms with van der Waals surface area (Å²) in [4.78, 5) is 24.4. The molecule has 0 saturated heterocycles. The quantitative estimate of drug-likeness (QED) is 0.752. The number of rotatable bonds is 4. The van der Waals surface area contributed by atoms with Gasteiger partial charge in [0, 0.05) is 24.5 Å². The normalized spacial score (nSPS) is 10.8. The highest BCUT2D eigenvalue weighted by molar-refractivity contribution is 6.01. The molecule has 0 aliphatic carbocycles. The van der Waals surface area contributed by atoms with E-state index in [2.05, 4.69) is 20.3 Å². The third-order valence-corrected chi connectivity index (χ3v) is 3.20. The molecular weight excluding hydrogens is 290 g/mol. The summed E-state index contributed by atoms with van der Waals surface area (Å²) < 4.78 is 1.82. The van der Waals surface area contributed by atoms with E-state index in [4.69, 9.17) is 0 Å². The van der Waals surface area contributed by atoms with Crippen LogP contribution in [0.5, 0.6) is 0 Å². The summed E-state index contributed by atoms with van der Waals surface area (Å²) in [5.41, 5.74) is 0.958. The number of hydrogen-bond donors (Lipinski definition) is 1. The molecule has 0 aliphatic heterocycles. The number of amides is 1. The summed E-state index contributed by atoms with van der Waals surface area (Å²) >= 11 is 0. The largest absolute Gasteiger partial charge is 0.307 e. The molecule has 0 bridgehead atoms. The number of hydrogen-bond acceptors (Lipinski definition) is 4. The Bertz CT molecular complexity index is 839. The average molecular weight is 305 g/mol. The van der Waals surface area contributed by atoms with Crippen LogP contribution < -0.4 is 5.32 Å². The van der Waals surface area contributed by atoms with E-state index in [0.29, 0.717) is 11.6 Å². The van der Waals surface area contributed by atoms with Gasteiger partial charge >= 0.3 is 0 Å². The van der Waals surface area contributed by atoms with Crippen molar-refractivity contribution >= 4 is 17.8 Å². The maximum absolute atomic E-state index is 12.0. The van der Waals surface area contributed by atoms with E-state index in [1.165, 1.54) is 12.4 Å². The van der Waals surface area contributed by atoms with Gasteiger partial charge in [-0.3, -0.25) is 9.36 Å². The Labute approximate surface area is 133 Å². The average Bonchev–Trinajstić information content (AvgIpc) is 3.00. The third-order valence-electron chi connectivity index (χ3n) is 3.20. The number of nitrogens with zero attached hydrogens (tertiary/aromatic N) is 4. The molecule has 2 aromatic heterocycles. The Morgan fingerprint density at radius 2 is 2.00 bits per heavy atom. The summed E-state index contributed by atoms with van der Waals surface area (Å²) in [6.45, 7) is 1.88. The van der Waals surface area contributed by atoms with Crippen molar-refractivity contribution in [3.8, 4) is 5.82 Å². The second-order valence-electron chi connectivity index (χ2n) is 4.84. The number of carbonyl (C=O) groups excluding carboxylic acids is 1. The third kappa shape index (κ3) is 3.68. The smallest absolute Gasteiger partial charge is 0.249 e. The van der Waals surface area contributed by atoms with E-state index in [1.54, 1.807) is 24.5 Å². The minimum absolute atomic E-state index is 0.249. The summed E-state index contributed by atoms with van der Waals surface area (Å²) in [5, 5.41) is 2.72. The SMILES string of the molecule is Cc1nccn1-c1cc(NC(=O)/C=C/c2ccccc2)ncn1. The highest BCUT2D eigenvalue weighted by atomic mass is 16.1. The monoisotopic (exact) mass is 305 g/mol. The van der Waals surface area contributed by atoms with Crippen LogP contribution in [0, 0.1) is 6.92 Å². The van der Waals surface area contributed by atoms with Crippen molar-refractivity contribution in [3.63, 3.8) is 0 Å². The van der Waals surface area contributed by atoms with Crippen LogP contribution in [0.1, 0.15) is 11.4 Å². The van der Waals surface area contributed by atoms with Gasteiger partial charge in [0.2, 0.25) is 5.91 Å². The van der Waals surface area contributed by atoms with Crippen LogP contribution in [0.4, 0.5) is 5.82 Å². The second kappa shape index (κ2) is 6.65. The summed E-state index contributed by atoms with van der Waals surface area (Å²) in [5.74, 6) is 1.65. The number of anilines is 1. The van der Waals surface area contributed by atoms with Crippen LogP contribution in [0.25, 0.3) is 11.9 Å². The second-order valence-corrected chi connectivity index (χ2v) is 4.84. The fourth-order valence-corrected chi connectivity index (χ4v) is 2.07. The van der Waals surface area contributed by atoms with Gasteiger partial charge in [-0.1, -0.05) is 30.3 Å². The first kappa shape index (κ1) is 14.6. The zero-order valence-corrected chi connectivity index (χ0v) is 12.5. The molecule has 3 aromatic rings. The topological polar surface area (TPSA) is 72.7 Å². The van der Waals surface area contributed by atoms with Gasteiger partial charge in [0.15, 0.2) is 0 Å². The van der Waals surface area contributed by atoms with Crippen molar-refractivity contribution in [1.29, 1.82) is 0 Å². The Morgan fingerprint density at radius 1 is 1.17 bits per heavy atom. The standard InChI is InChI=1S/C17H15N5O/c1-13-18-9-10-22(13)16-11-15(19-12-20-16)21-17(23)8-7-14-5-3-2-4-6-14/h2-12H,1H3,(H,19,20,21,23)/b8-7+. The molecule has 6 nitrogen and oxygen atoms in total. The van der Waals surface area contributed by atoms with Crippen molar-refractivity contribution < 1.29 is 4.79 Å². The lowest BCUT2D eigenvalue weighted by Gasteiger charge is -2.06. The summed E-state index contributed by atoms with van der Waals surface area (Å²) in [6, 6.07) is 11.3. The zero-order valence-electron chi connectivity index (χ0n) is 12.5. The molecule has 23 heavy (non-hydrogen) atoms. The minimum atomic E-state index is -0.249. The zero-order chi connectivity index (χ0) is 16.1. The van der Waals surface area contributed by atoms with Crippen LogP contribution >= 0.6 is 0 Å². The van der Waals surface area contributed by atoms with Crippen LogP contribution in [0.15, 0.2) is 61.2 Å². The molecule has 1 amide bonds. The highest BCUT2D eigenvalue weighted by Gasteiger charge is 2.05. The lowest BCUT2D eigenvalue weighted by molar-refractivity contribution is -0.111. The Balaban J connectivity index is 1.72. The molecule has 0 atom stereocenters. The number of benzene rings is 1. The van der Waals surface area contributed by atoms with E-state index in [-0.39, 0.29) is 5.91 Å². The number of aryl methyl sites for hydroxylation is 1. The first-order valence-corrected chi connectivity index (χ1v) is 7.09. The fourth-order valence-electron chi connectivity index (χ4n) is 2.07. The maximum atomic E-state index is 12.0. The van der Waals surface area contributed by atoms with Gasteiger partial charge in [-0.15, -0.1) is 0 Å². The van der Waals surface area contributed by atoms with Gasteiger partial charge in [0.25, 0.3) is 0 Å². The molecule has 0 radical (unpaired) electrons. The van der Waals surface area contributed by atoms with Gasteiger partial charge in [0.1, 0.15) is 23.8 Å². The Morgan fingerprint density at radius 3 is 2.74 bits per heavy atom. The van der Waals surface area contributed by atoms with E-state index in [1.807, 2.05) is 41.8 Å². The van der Waals surface area contributed by atoms with Gasteiger partial charge < -0.3 is 5.32 Å². The molecule has 0 spiro atoms. The molecule has 0 aliphatic rings. The molecule has 0 fully saturated rings. The summed E-state index contributed by atoms with van der Waals surface area (Å²) in [6.07, 6.45) is 8.12. The van der Waals surface area contributed by atoms with Crippen molar-refractivity contribution in [2.24, 2.45) is 0 Å². The molecule has 6 heteroatoms. The molecule has 1 N–H and O–H groups in total. The van der Waals surface area contributed by atoms with Gasteiger partial charge in [-0.25, -0.2) is 15.0 Å². The van der Waals surface area contributed by atoms with Gasteiger partial charge in [-0.2, -0.15) is 0 Å². The number of aromatic nitrogens is 4. The Hall–Kier alpha value is -3.28. The van der Waals surface area contributed by atoms with Crippen molar-refractivity contribution in [2.45, 2.75) is 6.92 Å². The first-order valence-electron chi connectivity index (χ1n) is 7.09. The molecule has 2 heterocycles. The fraction of sp³-hybridized carbons (Fsp3) is 0.0588. The summed E-state index contributed by atoms with van der Waals surface area (Å²) in [7, 11) is 0. The van der Waals surface area contributed by atoms with E-state index in [0.717, 1.165) is 11.4 Å². The van der Waals surface area contributed by atoms with Crippen molar-refractivity contribution in [3.05, 3.63) is 72.6 Å². The van der Waals surface area contributed by atoms with E-state index in [9.17, 15) is 4.79 Å². The predicted octanol–water partition coefficient (Wildman–Crippen LogP) is 2.62. The molecule has 1 aromatic carbocycles. The number of carbonyl (C=O) groups is 1. The Kier molecular flexibility index (Phi) is 4.24. The predicted molar refractivity (Wildman–Crippen MR) is 88.0 cm³/mol. The van der Waals surface area contributed by atoms with Crippen LogP contribution in [0.3, 0.4) is 0 Å². The molecule has 0 saturated carbocycles. The van der Waals surface area contributed by atoms with Crippen LogP contribution in [0.2, 0.25) is 0 Å². The van der Waals surface area contributed by atoms with Crippen LogP contribution in [-0.4, -0.2) is 25.4 Å². The minimum Gasteiger partial charge on any atom is -0.307 e. The highest BCUT2D eigenvalue weighted by Crippen LogP contribution is 2.11. The number of nitrogens with one attached hydrogen (secondary N) is 1. The number of imidazole rings is 1. The lowest BCUT2D eigenvalue weighted by atomic mass is 10.2. The van der Waals surface area contributed by atoms with E-state index >= 15 is 0 Å². The van der Waals surface area contributed by atoms with Crippen LogP contribution in [-0.2, 0) is 4.79 Å². The first-order chi connectivity index (χ1) is 11.2. The molecule has 0 unspecified atom stereocenters. The molecular formula is C17H15N5O. The van der Waals surface area contributed by atoms with Crippen molar-refractivity contribution in [2.75, 3.05) is 5.32 Å². The maximum Gasteiger partial charge on any atom is 0.249 e. The van der Waals surface area contributed by atoms with E-state index < -0.39 is 0 Å². The van der Waals surface area contributed by atoms with Crippen molar-refractivity contribution in [1.82, 2.24) is 19.5 Å². The molecule has 3 rings (SSSR count). The van der Waals surface area contributed by atoms with Gasteiger partial charge in [0.05, 0.1) is 0 Å². The lowest BCUT2D eigenvalue weighted by Crippen LogP contribution is -2.10. The molecule has 114 valence electrons.